The Kier molecular flexibility index (Phi) is 5.46. The molecule has 0 spiro atoms. The minimum absolute atomic E-state index is 0.0695. The van der Waals surface area contributed by atoms with E-state index in [0.717, 1.165) is 18.4 Å². The van der Waals surface area contributed by atoms with Gasteiger partial charge in [-0.05, 0) is 31.9 Å². The molecule has 0 bridgehead atoms. The van der Waals surface area contributed by atoms with E-state index >= 15 is 0 Å². The molecule has 1 aliphatic carbocycles. The van der Waals surface area contributed by atoms with E-state index in [2.05, 4.69) is 10.6 Å². The lowest BCUT2D eigenvalue weighted by molar-refractivity contribution is -0.116. The lowest BCUT2D eigenvalue weighted by Crippen LogP contribution is -2.27. The van der Waals surface area contributed by atoms with Crippen LogP contribution in [0.25, 0.3) is 0 Å². The molecule has 1 fully saturated rings. The van der Waals surface area contributed by atoms with Gasteiger partial charge in [-0.2, -0.15) is 0 Å². The van der Waals surface area contributed by atoms with Crippen molar-refractivity contribution in [1.29, 1.82) is 0 Å². The smallest absolute Gasteiger partial charge is 0.253 e. The molecule has 0 radical (unpaired) electrons. The third kappa shape index (κ3) is 4.79. The van der Waals surface area contributed by atoms with Gasteiger partial charge in [0.25, 0.3) is 5.91 Å². The number of nitrogens with one attached hydrogen (secondary N) is 2. The largest absolute Gasteiger partial charge is 0.349 e. The van der Waals surface area contributed by atoms with E-state index < -0.39 is 0 Å². The number of benzene rings is 2. The maximum absolute atomic E-state index is 12.3. The zero-order valence-electron chi connectivity index (χ0n) is 14.7. The Labute approximate surface area is 152 Å². The van der Waals surface area contributed by atoms with Gasteiger partial charge in [0.15, 0.2) is 5.78 Å². The number of Topliss-reactive ketones (excluding diaryl/α,β-unsaturated/α-hetero) is 1. The highest BCUT2D eigenvalue weighted by Crippen LogP contribution is 2.21. The third-order valence-corrected chi connectivity index (χ3v) is 4.31. The number of carbonyl (C=O) groups is 3. The number of anilines is 1. The molecule has 1 saturated carbocycles. The Morgan fingerprint density at radius 1 is 0.962 bits per heavy atom. The van der Waals surface area contributed by atoms with Gasteiger partial charge >= 0.3 is 0 Å². The van der Waals surface area contributed by atoms with Crippen molar-refractivity contribution >= 4 is 23.3 Å². The zero-order chi connectivity index (χ0) is 18.5. The fourth-order valence-electron chi connectivity index (χ4n) is 2.60. The van der Waals surface area contributed by atoms with Crippen molar-refractivity contribution in [1.82, 2.24) is 5.32 Å². The molecule has 3 rings (SSSR count). The van der Waals surface area contributed by atoms with E-state index in [1.807, 2.05) is 19.1 Å². The molecule has 0 heterocycles. The van der Waals surface area contributed by atoms with Gasteiger partial charge in [-0.3, -0.25) is 14.4 Å². The first kappa shape index (κ1) is 17.9. The monoisotopic (exact) mass is 350 g/mol. The van der Waals surface area contributed by atoms with Gasteiger partial charge in [0, 0.05) is 24.4 Å². The number of hydrogen-bond acceptors (Lipinski definition) is 3. The SMILES string of the molecule is Cc1ccc(C(=O)CCC(=O)Nc2ccccc2C(=O)NC2CC2)cc1. The number of aryl methyl sites for hydroxylation is 1. The summed E-state index contributed by atoms with van der Waals surface area (Å²) in [4.78, 5) is 36.6. The number of ketones is 1. The van der Waals surface area contributed by atoms with Gasteiger partial charge in [0.2, 0.25) is 5.91 Å². The fourth-order valence-corrected chi connectivity index (χ4v) is 2.60. The summed E-state index contributed by atoms with van der Waals surface area (Å²) in [5, 5.41) is 5.66. The van der Waals surface area contributed by atoms with Gasteiger partial charge in [0.1, 0.15) is 0 Å². The molecular weight excluding hydrogens is 328 g/mol. The first-order chi connectivity index (χ1) is 12.5. The van der Waals surface area contributed by atoms with E-state index in [1.165, 1.54) is 0 Å². The van der Waals surface area contributed by atoms with Crippen LogP contribution in [0.1, 0.15) is 52.0 Å². The average Bonchev–Trinajstić information content (AvgIpc) is 3.44. The van der Waals surface area contributed by atoms with Crippen molar-refractivity contribution < 1.29 is 14.4 Å². The molecule has 134 valence electrons. The highest BCUT2D eigenvalue weighted by molar-refractivity contribution is 6.05. The normalized spacial score (nSPS) is 13.1. The zero-order valence-corrected chi connectivity index (χ0v) is 14.7. The second kappa shape index (κ2) is 7.95. The fraction of sp³-hybridized carbons (Fsp3) is 0.286. The van der Waals surface area contributed by atoms with Crippen molar-refractivity contribution in [2.24, 2.45) is 0 Å². The van der Waals surface area contributed by atoms with E-state index in [-0.39, 0.29) is 36.5 Å². The van der Waals surface area contributed by atoms with Crippen LogP contribution in [0.3, 0.4) is 0 Å². The van der Waals surface area contributed by atoms with Crippen molar-refractivity contribution in [3.8, 4) is 0 Å². The molecule has 5 heteroatoms. The lowest BCUT2D eigenvalue weighted by Gasteiger charge is -2.11. The highest BCUT2D eigenvalue weighted by Gasteiger charge is 2.25. The van der Waals surface area contributed by atoms with E-state index in [1.54, 1.807) is 36.4 Å². The Hall–Kier alpha value is -2.95. The summed E-state index contributed by atoms with van der Waals surface area (Å²) in [6.07, 6.45) is 2.21. The minimum atomic E-state index is -0.280. The molecule has 2 aromatic carbocycles. The maximum Gasteiger partial charge on any atom is 0.253 e. The maximum atomic E-state index is 12.3. The summed E-state index contributed by atoms with van der Waals surface area (Å²) in [7, 11) is 0. The van der Waals surface area contributed by atoms with Gasteiger partial charge in [-0.25, -0.2) is 0 Å². The van der Waals surface area contributed by atoms with E-state index in [0.29, 0.717) is 16.8 Å². The molecule has 0 unspecified atom stereocenters. The Morgan fingerprint density at radius 3 is 2.35 bits per heavy atom. The van der Waals surface area contributed by atoms with Gasteiger partial charge < -0.3 is 10.6 Å². The van der Waals surface area contributed by atoms with Crippen LogP contribution < -0.4 is 10.6 Å². The molecule has 5 nitrogen and oxygen atoms in total. The van der Waals surface area contributed by atoms with Crippen molar-refractivity contribution in [3.63, 3.8) is 0 Å². The Bertz CT molecular complexity index is 823. The highest BCUT2D eigenvalue weighted by atomic mass is 16.2. The third-order valence-electron chi connectivity index (χ3n) is 4.31. The van der Waals surface area contributed by atoms with Crippen LogP contribution in [0.5, 0.6) is 0 Å². The summed E-state index contributed by atoms with van der Waals surface area (Å²) in [6, 6.07) is 14.5. The summed E-state index contributed by atoms with van der Waals surface area (Å²) < 4.78 is 0. The quantitative estimate of drug-likeness (QED) is 0.751. The van der Waals surface area contributed by atoms with Gasteiger partial charge in [-0.15, -0.1) is 0 Å². The van der Waals surface area contributed by atoms with Crippen LogP contribution >= 0.6 is 0 Å². The Balaban J connectivity index is 1.57. The average molecular weight is 350 g/mol. The van der Waals surface area contributed by atoms with Crippen LogP contribution in [0.15, 0.2) is 48.5 Å². The second-order valence-corrected chi connectivity index (χ2v) is 6.63. The van der Waals surface area contributed by atoms with Crippen LogP contribution in [0.4, 0.5) is 5.69 Å². The second-order valence-electron chi connectivity index (χ2n) is 6.63. The summed E-state index contributed by atoms with van der Waals surface area (Å²) in [6.45, 7) is 1.96. The molecular formula is C21H22N2O3. The molecule has 26 heavy (non-hydrogen) atoms. The van der Waals surface area contributed by atoms with Crippen molar-refractivity contribution in [2.45, 2.75) is 38.6 Å². The van der Waals surface area contributed by atoms with E-state index in [4.69, 9.17) is 0 Å². The molecule has 0 atom stereocenters. The number of carbonyl (C=O) groups excluding carboxylic acids is 3. The summed E-state index contributed by atoms with van der Waals surface area (Å²) in [5.74, 6) is -0.531. The van der Waals surface area contributed by atoms with Crippen LogP contribution in [0.2, 0.25) is 0 Å². The number of hydrogen-bond donors (Lipinski definition) is 2. The molecule has 2 N–H and O–H groups in total. The lowest BCUT2D eigenvalue weighted by atomic mass is 10.0. The number of rotatable bonds is 7. The molecule has 2 aromatic rings. The Morgan fingerprint density at radius 2 is 1.65 bits per heavy atom. The van der Waals surface area contributed by atoms with Crippen molar-refractivity contribution in [3.05, 3.63) is 65.2 Å². The predicted octanol–water partition coefficient (Wildman–Crippen LogP) is 3.49. The van der Waals surface area contributed by atoms with Gasteiger partial charge in [-0.1, -0.05) is 42.0 Å². The molecule has 0 aromatic heterocycles. The van der Waals surface area contributed by atoms with Crippen molar-refractivity contribution in [2.75, 3.05) is 5.32 Å². The van der Waals surface area contributed by atoms with Crippen LogP contribution in [-0.4, -0.2) is 23.6 Å². The topological polar surface area (TPSA) is 75.3 Å². The molecule has 1 aliphatic rings. The standard InChI is InChI=1S/C21H22N2O3/c1-14-6-8-15(9-7-14)19(24)12-13-20(25)23-18-5-3-2-4-17(18)21(26)22-16-10-11-16/h2-9,16H,10-13H2,1H3,(H,22,26)(H,23,25). The first-order valence-electron chi connectivity index (χ1n) is 8.82. The van der Waals surface area contributed by atoms with Crippen LogP contribution in [-0.2, 0) is 4.79 Å². The summed E-state index contributed by atoms with van der Waals surface area (Å²) >= 11 is 0. The number of amides is 2. The molecule has 0 saturated heterocycles. The molecule has 2 amide bonds. The molecule has 0 aliphatic heterocycles. The predicted molar refractivity (Wildman–Crippen MR) is 100 cm³/mol. The minimum Gasteiger partial charge on any atom is -0.349 e. The van der Waals surface area contributed by atoms with E-state index in [9.17, 15) is 14.4 Å². The number of para-hydroxylation sites is 1. The van der Waals surface area contributed by atoms with Gasteiger partial charge in [0.05, 0.1) is 11.3 Å². The van der Waals surface area contributed by atoms with Crippen LogP contribution in [0, 0.1) is 6.92 Å². The summed E-state index contributed by atoms with van der Waals surface area (Å²) in [5.41, 5.74) is 2.60. The first-order valence-corrected chi connectivity index (χ1v) is 8.82.